The van der Waals surface area contributed by atoms with E-state index in [4.69, 9.17) is 10.2 Å². The van der Waals surface area contributed by atoms with E-state index in [1.807, 2.05) is 0 Å². The molecular formula is C10H17F3N2O4. The van der Waals surface area contributed by atoms with Crippen molar-refractivity contribution in [2.24, 2.45) is 0 Å². The first-order chi connectivity index (χ1) is 8.54. The molecule has 0 aliphatic rings. The summed E-state index contributed by atoms with van der Waals surface area (Å²) in [5.74, 6) is -1.45. The van der Waals surface area contributed by atoms with E-state index in [-0.39, 0.29) is 13.0 Å². The fourth-order valence-electron chi connectivity index (χ4n) is 1.22. The molecule has 0 fully saturated rings. The van der Waals surface area contributed by atoms with Crippen LogP contribution >= 0.6 is 0 Å². The van der Waals surface area contributed by atoms with Crippen molar-refractivity contribution in [1.82, 2.24) is 10.2 Å². The number of urea groups is 1. The number of rotatable bonds is 6. The lowest BCUT2D eigenvalue weighted by Crippen LogP contribution is -2.48. The smallest absolute Gasteiger partial charge is 0.406 e. The van der Waals surface area contributed by atoms with Crippen molar-refractivity contribution in [3.05, 3.63) is 0 Å². The van der Waals surface area contributed by atoms with Gasteiger partial charge < -0.3 is 20.4 Å². The van der Waals surface area contributed by atoms with Gasteiger partial charge in [-0.3, -0.25) is 0 Å². The van der Waals surface area contributed by atoms with Gasteiger partial charge in [-0.2, -0.15) is 13.2 Å². The van der Waals surface area contributed by atoms with Gasteiger partial charge in [-0.05, 0) is 13.8 Å². The van der Waals surface area contributed by atoms with Crippen LogP contribution in [-0.2, 0) is 4.79 Å². The summed E-state index contributed by atoms with van der Waals surface area (Å²) in [4.78, 5) is 22.4. The quantitative estimate of drug-likeness (QED) is 0.674. The molecule has 9 heteroatoms. The van der Waals surface area contributed by atoms with Crippen molar-refractivity contribution in [2.75, 3.05) is 13.1 Å². The number of hydrogen-bond acceptors (Lipinski definition) is 3. The van der Waals surface area contributed by atoms with Gasteiger partial charge in [-0.1, -0.05) is 0 Å². The predicted molar refractivity (Wildman–Crippen MR) is 59.6 cm³/mol. The zero-order chi connectivity index (χ0) is 15.2. The van der Waals surface area contributed by atoms with Crippen LogP contribution < -0.4 is 5.32 Å². The summed E-state index contributed by atoms with van der Waals surface area (Å²) in [5, 5.41) is 19.4. The predicted octanol–water partition coefficient (Wildman–Crippen LogP) is 0.804. The third-order valence-electron chi connectivity index (χ3n) is 2.21. The molecule has 19 heavy (non-hydrogen) atoms. The highest BCUT2D eigenvalue weighted by molar-refractivity contribution is 5.75. The Labute approximate surface area is 108 Å². The molecular weight excluding hydrogens is 269 g/mol. The van der Waals surface area contributed by atoms with Gasteiger partial charge in [-0.15, -0.1) is 0 Å². The maximum atomic E-state index is 12.2. The molecule has 0 unspecified atom stereocenters. The number of alkyl halides is 3. The summed E-state index contributed by atoms with van der Waals surface area (Å²) < 4.78 is 36.7. The first kappa shape index (κ1) is 17.5. The van der Waals surface area contributed by atoms with Gasteiger partial charge in [0.2, 0.25) is 0 Å². The molecule has 3 N–H and O–H groups in total. The number of aliphatic hydroxyl groups is 1. The SMILES string of the molecule is CC(C)N(CC(F)(F)F)C(=O)NCC[C@H](O)C(=O)O. The Balaban J connectivity index is 4.31. The number of nitrogens with one attached hydrogen (secondary N) is 1. The highest BCUT2D eigenvalue weighted by atomic mass is 19.4. The standard InChI is InChI=1S/C10H17F3N2O4/c1-6(2)15(5-10(11,12)13)9(19)14-4-3-7(16)8(17)18/h6-7,16H,3-5H2,1-2H3,(H,14,19)(H,17,18)/t7-/m0/s1. The van der Waals surface area contributed by atoms with Crippen LogP contribution in [-0.4, -0.2) is 58.5 Å². The van der Waals surface area contributed by atoms with Crippen LogP contribution in [0.2, 0.25) is 0 Å². The van der Waals surface area contributed by atoms with Crippen molar-refractivity contribution in [3.63, 3.8) is 0 Å². The van der Waals surface area contributed by atoms with E-state index in [1.165, 1.54) is 13.8 Å². The van der Waals surface area contributed by atoms with E-state index in [0.29, 0.717) is 4.90 Å². The first-order valence-electron chi connectivity index (χ1n) is 5.56. The number of halogens is 3. The number of aliphatic hydroxyl groups excluding tert-OH is 1. The summed E-state index contributed by atoms with van der Waals surface area (Å²) in [6.07, 6.45) is -6.45. The molecule has 0 aliphatic heterocycles. The Bertz CT molecular complexity index is 320. The summed E-state index contributed by atoms with van der Waals surface area (Å²) in [7, 11) is 0. The normalized spacial score (nSPS) is 13.2. The fourth-order valence-corrected chi connectivity index (χ4v) is 1.22. The van der Waals surface area contributed by atoms with Gasteiger partial charge in [-0.25, -0.2) is 9.59 Å². The van der Waals surface area contributed by atoms with Crippen LogP contribution in [0.1, 0.15) is 20.3 Å². The Morgan fingerprint density at radius 2 is 1.84 bits per heavy atom. The minimum Gasteiger partial charge on any atom is -0.479 e. The van der Waals surface area contributed by atoms with Gasteiger partial charge in [0.1, 0.15) is 6.54 Å². The van der Waals surface area contributed by atoms with E-state index < -0.39 is 36.9 Å². The van der Waals surface area contributed by atoms with Gasteiger partial charge >= 0.3 is 18.2 Å². The van der Waals surface area contributed by atoms with E-state index >= 15 is 0 Å². The monoisotopic (exact) mass is 286 g/mol. The maximum Gasteiger partial charge on any atom is 0.406 e. The lowest BCUT2D eigenvalue weighted by Gasteiger charge is -2.27. The van der Waals surface area contributed by atoms with Gasteiger partial charge in [0.15, 0.2) is 6.10 Å². The number of carbonyl (C=O) groups excluding carboxylic acids is 1. The van der Waals surface area contributed by atoms with Gasteiger partial charge in [0.05, 0.1) is 0 Å². The second-order valence-electron chi connectivity index (χ2n) is 4.21. The van der Waals surface area contributed by atoms with Crippen LogP contribution in [0.15, 0.2) is 0 Å². The van der Waals surface area contributed by atoms with Crippen molar-refractivity contribution in [2.45, 2.75) is 38.6 Å². The van der Waals surface area contributed by atoms with Crippen LogP contribution in [0.5, 0.6) is 0 Å². The lowest BCUT2D eigenvalue weighted by molar-refractivity contribution is -0.146. The zero-order valence-corrected chi connectivity index (χ0v) is 10.6. The number of hydrogen-bond donors (Lipinski definition) is 3. The van der Waals surface area contributed by atoms with Crippen molar-refractivity contribution < 1.29 is 33.0 Å². The van der Waals surface area contributed by atoms with Crippen LogP contribution in [0, 0.1) is 0 Å². The second-order valence-corrected chi connectivity index (χ2v) is 4.21. The molecule has 0 aromatic heterocycles. The molecule has 6 nitrogen and oxygen atoms in total. The van der Waals surface area contributed by atoms with Crippen LogP contribution in [0.4, 0.5) is 18.0 Å². The fraction of sp³-hybridized carbons (Fsp3) is 0.800. The lowest BCUT2D eigenvalue weighted by atomic mass is 10.2. The van der Waals surface area contributed by atoms with Crippen molar-refractivity contribution in [1.29, 1.82) is 0 Å². The van der Waals surface area contributed by atoms with Crippen molar-refractivity contribution >= 4 is 12.0 Å². The third kappa shape index (κ3) is 7.50. The molecule has 1 atom stereocenters. The summed E-state index contributed by atoms with van der Waals surface area (Å²) in [6.45, 7) is 1.24. The summed E-state index contributed by atoms with van der Waals surface area (Å²) >= 11 is 0. The van der Waals surface area contributed by atoms with E-state index in [2.05, 4.69) is 5.32 Å². The average Bonchev–Trinajstić information content (AvgIpc) is 2.23. The maximum absolute atomic E-state index is 12.2. The van der Waals surface area contributed by atoms with Crippen molar-refractivity contribution in [3.8, 4) is 0 Å². The number of carbonyl (C=O) groups is 2. The summed E-state index contributed by atoms with van der Waals surface area (Å²) in [5.41, 5.74) is 0. The Morgan fingerprint density at radius 3 is 2.21 bits per heavy atom. The Kier molecular flexibility index (Phi) is 6.60. The number of nitrogens with zero attached hydrogens (tertiary/aromatic N) is 1. The molecule has 0 saturated carbocycles. The molecule has 112 valence electrons. The average molecular weight is 286 g/mol. The number of carboxylic acids is 1. The van der Waals surface area contributed by atoms with Gasteiger partial charge in [0, 0.05) is 19.0 Å². The second kappa shape index (κ2) is 7.17. The first-order valence-corrected chi connectivity index (χ1v) is 5.56. The van der Waals surface area contributed by atoms with E-state index in [9.17, 15) is 22.8 Å². The number of amides is 2. The zero-order valence-electron chi connectivity index (χ0n) is 10.6. The largest absolute Gasteiger partial charge is 0.479 e. The minimum absolute atomic E-state index is 0.229. The molecule has 0 bridgehead atoms. The Morgan fingerprint density at radius 1 is 1.32 bits per heavy atom. The molecule has 2 amide bonds. The highest BCUT2D eigenvalue weighted by Gasteiger charge is 2.34. The van der Waals surface area contributed by atoms with Crippen LogP contribution in [0.3, 0.4) is 0 Å². The molecule has 0 radical (unpaired) electrons. The molecule has 0 aromatic carbocycles. The van der Waals surface area contributed by atoms with E-state index in [1.54, 1.807) is 0 Å². The van der Waals surface area contributed by atoms with E-state index in [0.717, 1.165) is 0 Å². The molecule has 0 heterocycles. The minimum atomic E-state index is -4.51. The molecule has 0 aliphatic carbocycles. The highest BCUT2D eigenvalue weighted by Crippen LogP contribution is 2.18. The van der Waals surface area contributed by atoms with Gasteiger partial charge in [0.25, 0.3) is 0 Å². The Hall–Kier alpha value is -1.51. The van der Waals surface area contributed by atoms with Crippen LogP contribution in [0.25, 0.3) is 0 Å². The molecule has 0 rings (SSSR count). The third-order valence-corrected chi connectivity index (χ3v) is 2.21. The topological polar surface area (TPSA) is 89.9 Å². The summed E-state index contributed by atoms with van der Waals surface area (Å²) in [6, 6.07) is -1.61. The molecule has 0 saturated heterocycles. The number of carboxylic acid groups (broad SMARTS) is 1. The molecule has 0 spiro atoms. The molecule has 0 aromatic rings. The number of aliphatic carboxylic acids is 1.